The van der Waals surface area contributed by atoms with Crippen LogP contribution >= 0.6 is 0 Å². The molecule has 15 heavy (non-hydrogen) atoms. The largest absolute Gasteiger partial charge is 0.501 e. The lowest BCUT2D eigenvalue weighted by Crippen LogP contribution is -2.20. The Labute approximate surface area is 89.9 Å². The third kappa shape index (κ3) is 2.21. The first-order valence-corrected chi connectivity index (χ1v) is 5.27. The number of ether oxygens (including phenoxy) is 1. The highest BCUT2D eigenvalue weighted by Crippen LogP contribution is 2.26. The summed E-state index contributed by atoms with van der Waals surface area (Å²) in [5.74, 6) is 0. The van der Waals surface area contributed by atoms with Crippen molar-refractivity contribution in [2.24, 2.45) is 7.05 Å². The molecule has 0 saturated heterocycles. The average Bonchev–Trinajstić information content (AvgIpc) is 2.68. The van der Waals surface area contributed by atoms with E-state index in [1.165, 1.54) is 11.1 Å². The summed E-state index contributed by atoms with van der Waals surface area (Å²) >= 11 is 0. The summed E-state index contributed by atoms with van der Waals surface area (Å²) in [6.45, 7) is 0.840. The quantitative estimate of drug-likeness (QED) is 0.813. The van der Waals surface area contributed by atoms with Crippen LogP contribution in [0.4, 0.5) is 0 Å². The predicted octanol–water partition coefficient (Wildman–Crippen LogP) is 1.37. The van der Waals surface area contributed by atoms with Gasteiger partial charge < -0.3 is 10.1 Å². The predicted molar refractivity (Wildman–Crippen MR) is 58.3 cm³/mol. The Balaban J connectivity index is 2.19. The maximum absolute atomic E-state index is 5.36. The summed E-state index contributed by atoms with van der Waals surface area (Å²) in [6, 6.07) is 0.235. The smallest absolute Gasteiger partial charge is 0.0876 e. The van der Waals surface area contributed by atoms with Crippen LogP contribution in [0.2, 0.25) is 0 Å². The van der Waals surface area contributed by atoms with Crippen LogP contribution in [0.15, 0.2) is 24.2 Å². The molecule has 1 aliphatic heterocycles. The molecule has 0 radical (unpaired) electrons. The average molecular weight is 207 g/mol. The fraction of sp³-hybridized carbons (Fsp3) is 0.545. The summed E-state index contributed by atoms with van der Waals surface area (Å²) in [5.41, 5.74) is 2.49. The van der Waals surface area contributed by atoms with Crippen LogP contribution in [0, 0.1) is 0 Å². The SMILES string of the molecule is CNC(C1=COCCC1)c1cnn(C)c1. The van der Waals surface area contributed by atoms with E-state index in [2.05, 4.69) is 10.4 Å². The highest BCUT2D eigenvalue weighted by atomic mass is 16.5. The second-order valence-electron chi connectivity index (χ2n) is 3.84. The summed E-state index contributed by atoms with van der Waals surface area (Å²) in [6.07, 6.45) is 8.02. The third-order valence-corrected chi connectivity index (χ3v) is 2.68. The van der Waals surface area contributed by atoms with E-state index in [1.807, 2.05) is 37.4 Å². The summed E-state index contributed by atoms with van der Waals surface area (Å²) in [4.78, 5) is 0. The Morgan fingerprint density at radius 2 is 2.47 bits per heavy atom. The van der Waals surface area contributed by atoms with Gasteiger partial charge in [0, 0.05) is 18.8 Å². The van der Waals surface area contributed by atoms with Gasteiger partial charge in [-0.25, -0.2) is 0 Å². The van der Waals surface area contributed by atoms with Crippen molar-refractivity contribution >= 4 is 0 Å². The first-order valence-electron chi connectivity index (χ1n) is 5.27. The molecule has 0 spiro atoms. The fourth-order valence-corrected chi connectivity index (χ4v) is 1.95. The van der Waals surface area contributed by atoms with Gasteiger partial charge in [-0.15, -0.1) is 0 Å². The molecule has 0 fully saturated rings. The number of aromatic nitrogens is 2. The van der Waals surface area contributed by atoms with Crippen molar-refractivity contribution in [1.29, 1.82) is 0 Å². The Hall–Kier alpha value is -1.29. The molecular weight excluding hydrogens is 190 g/mol. The second-order valence-corrected chi connectivity index (χ2v) is 3.84. The Kier molecular flexibility index (Phi) is 3.06. The molecule has 1 unspecified atom stereocenters. The molecule has 1 aliphatic rings. The van der Waals surface area contributed by atoms with E-state index in [0.717, 1.165) is 19.4 Å². The molecule has 1 aromatic rings. The van der Waals surface area contributed by atoms with Gasteiger partial charge in [0.05, 0.1) is 25.1 Å². The maximum Gasteiger partial charge on any atom is 0.0876 e. The zero-order chi connectivity index (χ0) is 10.7. The van der Waals surface area contributed by atoms with E-state index in [1.54, 1.807) is 0 Å². The standard InChI is InChI=1S/C11H17N3O/c1-12-11(9-4-3-5-15-8-9)10-6-13-14(2)7-10/h6-8,11-12H,3-5H2,1-2H3. The maximum atomic E-state index is 5.36. The van der Waals surface area contributed by atoms with Gasteiger partial charge in [-0.1, -0.05) is 0 Å². The molecule has 0 bridgehead atoms. The molecule has 4 nitrogen and oxygen atoms in total. The summed E-state index contributed by atoms with van der Waals surface area (Å²) < 4.78 is 7.19. The molecule has 1 N–H and O–H groups in total. The van der Waals surface area contributed by atoms with Crippen LogP contribution in [0.3, 0.4) is 0 Å². The van der Waals surface area contributed by atoms with Crippen LogP contribution in [0.5, 0.6) is 0 Å². The summed E-state index contributed by atoms with van der Waals surface area (Å²) in [5, 5.41) is 7.49. The van der Waals surface area contributed by atoms with Gasteiger partial charge in [-0.05, 0) is 25.5 Å². The molecule has 1 atom stereocenters. The number of aryl methyl sites for hydroxylation is 1. The van der Waals surface area contributed by atoms with Crippen molar-refractivity contribution in [3.8, 4) is 0 Å². The van der Waals surface area contributed by atoms with Crippen molar-refractivity contribution in [2.75, 3.05) is 13.7 Å². The zero-order valence-electron chi connectivity index (χ0n) is 9.23. The monoisotopic (exact) mass is 207 g/mol. The minimum Gasteiger partial charge on any atom is -0.501 e. The van der Waals surface area contributed by atoms with Crippen LogP contribution in [0.1, 0.15) is 24.4 Å². The van der Waals surface area contributed by atoms with Gasteiger partial charge in [0.25, 0.3) is 0 Å². The molecular formula is C11H17N3O. The van der Waals surface area contributed by atoms with Gasteiger partial charge >= 0.3 is 0 Å². The lowest BCUT2D eigenvalue weighted by Gasteiger charge is -2.21. The highest BCUT2D eigenvalue weighted by molar-refractivity contribution is 5.23. The van der Waals surface area contributed by atoms with Crippen molar-refractivity contribution < 1.29 is 4.74 Å². The van der Waals surface area contributed by atoms with Gasteiger partial charge in [0.15, 0.2) is 0 Å². The minimum atomic E-state index is 0.235. The van der Waals surface area contributed by atoms with Crippen molar-refractivity contribution in [3.05, 3.63) is 29.8 Å². The fourth-order valence-electron chi connectivity index (χ4n) is 1.95. The van der Waals surface area contributed by atoms with Gasteiger partial charge in [-0.3, -0.25) is 4.68 Å². The van der Waals surface area contributed by atoms with E-state index >= 15 is 0 Å². The lowest BCUT2D eigenvalue weighted by atomic mass is 9.98. The Bertz CT molecular complexity index is 356. The lowest BCUT2D eigenvalue weighted by molar-refractivity contribution is 0.220. The first-order chi connectivity index (χ1) is 7.31. The molecule has 2 heterocycles. The number of hydrogen-bond donors (Lipinski definition) is 1. The van der Waals surface area contributed by atoms with E-state index in [4.69, 9.17) is 4.74 Å². The number of nitrogens with one attached hydrogen (secondary N) is 1. The molecule has 82 valence electrons. The normalized spacial score (nSPS) is 18.1. The molecule has 0 saturated carbocycles. The minimum absolute atomic E-state index is 0.235. The van der Waals surface area contributed by atoms with Gasteiger partial charge in [0.1, 0.15) is 0 Å². The van der Waals surface area contributed by atoms with Crippen LogP contribution < -0.4 is 5.32 Å². The summed E-state index contributed by atoms with van der Waals surface area (Å²) in [7, 11) is 3.90. The van der Waals surface area contributed by atoms with Gasteiger partial charge in [-0.2, -0.15) is 5.10 Å². The Morgan fingerprint density at radius 3 is 3.00 bits per heavy atom. The third-order valence-electron chi connectivity index (χ3n) is 2.68. The van der Waals surface area contributed by atoms with Crippen LogP contribution in [0.25, 0.3) is 0 Å². The topological polar surface area (TPSA) is 39.1 Å². The molecule has 2 rings (SSSR count). The second kappa shape index (κ2) is 4.49. The number of nitrogens with zero attached hydrogens (tertiary/aromatic N) is 2. The number of hydrogen-bond acceptors (Lipinski definition) is 3. The van der Waals surface area contributed by atoms with Crippen molar-refractivity contribution in [3.63, 3.8) is 0 Å². The molecule has 4 heteroatoms. The van der Waals surface area contributed by atoms with E-state index in [0.29, 0.717) is 0 Å². The molecule has 0 aromatic carbocycles. The number of likely N-dealkylation sites (N-methyl/N-ethyl adjacent to an activating group) is 1. The number of rotatable bonds is 3. The van der Waals surface area contributed by atoms with E-state index in [9.17, 15) is 0 Å². The highest BCUT2D eigenvalue weighted by Gasteiger charge is 2.18. The van der Waals surface area contributed by atoms with Crippen molar-refractivity contribution in [2.45, 2.75) is 18.9 Å². The van der Waals surface area contributed by atoms with E-state index < -0.39 is 0 Å². The first kappa shape index (κ1) is 10.2. The van der Waals surface area contributed by atoms with Crippen molar-refractivity contribution in [1.82, 2.24) is 15.1 Å². The van der Waals surface area contributed by atoms with Gasteiger partial charge in [0.2, 0.25) is 0 Å². The Morgan fingerprint density at radius 1 is 1.60 bits per heavy atom. The molecule has 0 amide bonds. The zero-order valence-corrected chi connectivity index (χ0v) is 9.23. The van der Waals surface area contributed by atoms with Crippen LogP contribution in [-0.4, -0.2) is 23.4 Å². The molecule has 1 aromatic heterocycles. The van der Waals surface area contributed by atoms with E-state index in [-0.39, 0.29) is 6.04 Å². The molecule has 0 aliphatic carbocycles. The van der Waals surface area contributed by atoms with Crippen LogP contribution in [-0.2, 0) is 11.8 Å².